The molecule has 9 heavy (non-hydrogen) atoms. The maximum atomic E-state index is 5.81. The molecule has 0 spiro atoms. The molecule has 0 aromatic heterocycles. The van der Waals surface area contributed by atoms with Crippen molar-refractivity contribution >= 4 is 0 Å². The van der Waals surface area contributed by atoms with Crippen molar-refractivity contribution < 1.29 is 4.74 Å². The van der Waals surface area contributed by atoms with Gasteiger partial charge in [-0.1, -0.05) is 6.92 Å². The summed E-state index contributed by atoms with van der Waals surface area (Å²) in [5, 5.41) is 0. The second kappa shape index (κ2) is 3.18. The Labute approximate surface area is 56.4 Å². The Morgan fingerprint density at radius 2 is 2.44 bits per heavy atom. The molecular formula is C7H15NO. The van der Waals surface area contributed by atoms with Crippen molar-refractivity contribution in [1.82, 2.24) is 0 Å². The SMILES string of the molecule is CCC1COCCC1N. The first-order valence-corrected chi connectivity index (χ1v) is 3.68. The maximum absolute atomic E-state index is 5.81. The smallest absolute Gasteiger partial charge is 0.0508 e. The predicted molar refractivity (Wildman–Crippen MR) is 37.2 cm³/mol. The Balaban J connectivity index is 2.30. The van der Waals surface area contributed by atoms with E-state index in [0.29, 0.717) is 12.0 Å². The Hall–Kier alpha value is -0.0800. The monoisotopic (exact) mass is 129 g/mol. The zero-order chi connectivity index (χ0) is 6.69. The van der Waals surface area contributed by atoms with Gasteiger partial charge < -0.3 is 10.5 Å². The van der Waals surface area contributed by atoms with E-state index in [2.05, 4.69) is 6.92 Å². The lowest BCUT2D eigenvalue weighted by molar-refractivity contribution is 0.0407. The minimum absolute atomic E-state index is 0.392. The second-order valence-electron chi connectivity index (χ2n) is 2.70. The topological polar surface area (TPSA) is 35.2 Å². The Morgan fingerprint density at radius 3 is 2.89 bits per heavy atom. The van der Waals surface area contributed by atoms with Crippen molar-refractivity contribution in [3.05, 3.63) is 0 Å². The summed E-state index contributed by atoms with van der Waals surface area (Å²) in [6.07, 6.45) is 2.19. The third-order valence-electron chi connectivity index (χ3n) is 2.06. The van der Waals surface area contributed by atoms with Gasteiger partial charge in [0.2, 0.25) is 0 Å². The zero-order valence-corrected chi connectivity index (χ0v) is 5.97. The van der Waals surface area contributed by atoms with Gasteiger partial charge in [-0.05, 0) is 18.8 Å². The van der Waals surface area contributed by atoms with Crippen molar-refractivity contribution in [3.63, 3.8) is 0 Å². The van der Waals surface area contributed by atoms with Gasteiger partial charge in [-0.3, -0.25) is 0 Å². The standard InChI is InChI=1S/C7H15NO/c1-2-6-5-9-4-3-7(6)8/h6-7H,2-5,8H2,1H3. The van der Waals surface area contributed by atoms with E-state index in [-0.39, 0.29) is 0 Å². The van der Waals surface area contributed by atoms with Gasteiger partial charge in [0, 0.05) is 12.6 Å². The highest BCUT2D eigenvalue weighted by atomic mass is 16.5. The number of rotatable bonds is 1. The third kappa shape index (κ3) is 1.66. The molecule has 0 amide bonds. The first-order valence-electron chi connectivity index (χ1n) is 3.68. The van der Waals surface area contributed by atoms with Crippen LogP contribution in [0.1, 0.15) is 19.8 Å². The van der Waals surface area contributed by atoms with Crippen LogP contribution in [0.4, 0.5) is 0 Å². The quantitative estimate of drug-likeness (QED) is 0.567. The Bertz CT molecular complexity index is 85.0. The fourth-order valence-corrected chi connectivity index (χ4v) is 1.23. The first kappa shape index (κ1) is 7.03. The lowest BCUT2D eigenvalue weighted by Crippen LogP contribution is -2.38. The summed E-state index contributed by atoms with van der Waals surface area (Å²) in [4.78, 5) is 0. The van der Waals surface area contributed by atoms with Crippen LogP contribution >= 0.6 is 0 Å². The van der Waals surface area contributed by atoms with Crippen LogP contribution in [0.2, 0.25) is 0 Å². The number of hydrogen-bond acceptors (Lipinski definition) is 2. The van der Waals surface area contributed by atoms with Crippen molar-refractivity contribution in [2.24, 2.45) is 11.7 Å². The zero-order valence-electron chi connectivity index (χ0n) is 5.97. The van der Waals surface area contributed by atoms with E-state index in [1.54, 1.807) is 0 Å². The number of hydrogen-bond donors (Lipinski definition) is 1. The Morgan fingerprint density at radius 1 is 1.67 bits per heavy atom. The summed E-state index contributed by atoms with van der Waals surface area (Å²) in [7, 11) is 0. The van der Waals surface area contributed by atoms with Crippen LogP contribution < -0.4 is 5.73 Å². The fourth-order valence-electron chi connectivity index (χ4n) is 1.23. The minimum atomic E-state index is 0.392. The third-order valence-corrected chi connectivity index (χ3v) is 2.06. The van der Waals surface area contributed by atoms with Gasteiger partial charge in [-0.2, -0.15) is 0 Å². The van der Waals surface area contributed by atoms with Crippen LogP contribution in [-0.2, 0) is 4.74 Å². The molecule has 2 heteroatoms. The normalized spacial score (nSPS) is 36.7. The summed E-state index contributed by atoms with van der Waals surface area (Å²) < 4.78 is 5.26. The van der Waals surface area contributed by atoms with Crippen LogP contribution in [0.3, 0.4) is 0 Å². The first-order chi connectivity index (χ1) is 4.34. The molecule has 0 saturated carbocycles. The summed E-state index contributed by atoms with van der Waals surface area (Å²) in [6.45, 7) is 3.90. The van der Waals surface area contributed by atoms with E-state index in [9.17, 15) is 0 Å². The molecule has 2 atom stereocenters. The highest BCUT2D eigenvalue weighted by Gasteiger charge is 2.19. The molecule has 1 rings (SSSR count). The molecule has 2 unspecified atom stereocenters. The van der Waals surface area contributed by atoms with E-state index >= 15 is 0 Å². The molecule has 0 aromatic carbocycles. The van der Waals surface area contributed by atoms with Gasteiger partial charge in [0.1, 0.15) is 0 Å². The van der Waals surface area contributed by atoms with Crippen LogP contribution in [-0.4, -0.2) is 19.3 Å². The molecule has 2 N–H and O–H groups in total. The fraction of sp³-hybridized carbons (Fsp3) is 1.00. The molecule has 0 aromatic rings. The van der Waals surface area contributed by atoms with Crippen LogP contribution in [0.5, 0.6) is 0 Å². The van der Waals surface area contributed by atoms with Crippen LogP contribution in [0, 0.1) is 5.92 Å². The van der Waals surface area contributed by atoms with Gasteiger partial charge in [0.05, 0.1) is 6.61 Å². The van der Waals surface area contributed by atoms with Gasteiger partial charge in [-0.25, -0.2) is 0 Å². The minimum Gasteiger partial charge on any atom is -0.381 e. The summed E-state index contributed by atoms with van der Waals surface area (Å²) in [5.74, 6) is 0.610. The van der Waals surface area contributed by atoms with Crippen molar-refractivity contribution in [1.29, 1.82) is 0 Å². The van der Waals surface area contributed by atoms with Gasteiger partial charge in [0.25, 0.3) is 0 Å². The molecular weight excluding hydrogens is 114 g/mol. The molecule has 0 bridgehead atoms. The Kier molecular flexibility index (Phi) is 2.49. The average Bonchev–Trinajstić information content (AvgIpc) is 1.89. The molecule has 1 aliphatic heterocycles. The largest absolute Gasteiger partial charge is 0.381 e. The summed E-state index contributed by atoms with van der Waals surface area (Å²) >= 11 is 0. The summed E-state index contributed by atoms with van der Waals surface area (Å²) in [6, 6.07) is 0.392. The number of nitrogens with two attached hydrogens (primary N) is 1. The van der Waals surface area contributed by atoms with E-state index in [0.717, 1.165) is 26.1 Å². The molecule has 1 heterocycles. The molecule has 0 radical (unpaired) electrons. The van der Waals surface area contributed by atoms with E-state index in [4.69, 9.17) is 10.5 Å². The number of ether oxygens (including phenoxy) is 1. The molecule has 1 fully saturated rings. The van der Waals surface area contributed by atoms with E-state index < -0.39 is 0 Å². The highest BCUT2D eigenvalue weighted by Crippen LogP contribution is 2.15. The van der Waals surface area contributed by atoms with Crippen LogP contribution in [0.25, 0.3) is 0 Å². The lowest BCUT2D eigenvalue weighted by Gasteiger charge is -2.27. The van der Waals surface area contributed by atoms with Gasteiger partial charge in [-0.15, -0.1) is 0 Å². The molecule has 1 saturated heterocycles. The van der Waals surface area contributed by atoms with Crippen molar-refractivity contribution in [2.75, 3.05) is 13.2 Å². The van der Waals surface area contributed by atoms with Crippen molar-refractivity contribution in [3.8, 4) is 0 Å². The molecule has 54 valence electrons. The van der Waals surface area contributed by atoms with Crippen molar-refractivity contribution in [2.45, 2.75) is 25.8 Å². The van der Waals surface area contributed by atoms with Gasteiger partial charge >= 0.3 is 0 Å². The van der Waals surface area contributed by atoms with Crippen LogP contribution in [0.15, 0.2) is 0 Å². The molecule has 1 aliphatic rings. The highest BCUT2D eigenvalue weighted by molar-refractivity contribution is 4.74. The second-order valence-corrected chi connectivity index (χ2v) is 2.70. The van der Waals surface area contributed by atoms with E-state index in [1.807, 2.05) is 0 Å². The lowest BCUT2D eigenvalue weighted by atomic mass is 9.94. The molecule has 2 nitrogen and oxygen atoms in total. The predicted octanol–water partition coefficient (Wildman–Crippen LogP) is 0.760. The van der Waals surface area contributed by atoms with E-state index in [1.165, 1.54) is 0 Å². The average molecular weight is 129 g/mol. The molecule has 0 aliphatic carbocycles. The maximum Gasteiger partial charge on any atom is 0.0508 e. The summed E-state index contributed by atoms with van der Waals surface area (Å²) in [5.41, 5.74) is 5.81. The van der Waals surface area contributed by atoms with Gasteiger partial charge in [0.15, 0.2) is 0 Å².